The molecule has 0 saturated carbocycles. The molecule has 82 valence electrons. The Kier molecular flexibility index (Phi) is 3.42. The zero-order valence-electron chi connectivity index (χ0n) is 9.28. The SMILES string of the molecule is CN1CCCCC1C(CN)N1CCC1. The lowest BCUT2D eigenvalue weighted by atomic mass is 9.93. The highest BCUT2D eigenvalue weighted by molar-refractivity contribution is 4.91. The summed E-state index contributed by atoms with van der Waals surface area (Å²) in [6.07, 6.45) is 5.46. The molecule has 2 aliphatic rings. The van der Waals surface area contributed by atoms with Gasteiger partial charge >= 0.3 is 0 Å². The molecule has 2 atom stereocenters. The highest BCUT2D eigenvalue weighted by atomic mass is 15.3. The van der Waals surface area contributed by atoms with E-state index in [4.69, 9.17) is 5.73 Å². The molecule has 2 N–H and O–H groups in total. The van der Waals surface area contributed by atoms with Gasteiger partial charge in [0.05, 0.1) is 0 Å². The second-order valence-corrected chi connectivity index (χ2v) is 4.74. The highest BCUT2D eigenvalue weighted by Crippen LogP contribution is 2.23. The molecule has 2 unspecified atom stereocenters. The maximum atomic E-state index is 5.91. The Morgan fingerprint density at radius 1 is 1.21 bits per heavy atom. The number of piperidine rings is 1. The summed E-state index contributed by atoms with van der Waals surface area (Å²) in [5.74, 6) is 0. The summed E-state index contributed by atoms with van der Waals surface area (Å²) < 4.78 is 0. The summed E-state index contributed by atoms with van der Waals surface area (Å²) in [5.41, 5.74) is 5.91. The van der Waals surface area contributed by atoms with Crippen molar-refractivity contribution in [2.45, 2.75) is 37.8 Å². The predicted octanol–water partition coefficient (Wildman–Crippen LogP) is 0.504. The van der Waals surface area contributed by atoms with Gasteiger partial charge in [-0.15, -0.1) is 0 Å². The van der Waals surface area contributed by atoms with E-state index >= 15 is 0 Å². The fourth-order valence-electron chi connectivity index (χ4n) is 2.81. The lowest BCUT2D eigenvalue weighted by Crippen LogP contribution is -2.59. The zero-order valence-corrected chi connectivity index (χ0v) is 9.28. The first-order valence-electron chi connectivity index (χ1n) is 5.97. The normalized spacial score (nSPS) is 32.6. The number of rotatable bonds is 3. The van der Waals surface area contributed by atoms with Crippen molar-refractivity contribution in [2.75, 3.05) is 33.2 Å². The standard InChI is InChI=1S/C11H23N3/c1-13-6-3-2-5-10(13)11(9-12)14-7-4-8-14/h10-11H,2-9,12H2,1H3. The molecule has 2 fully saturated rings. The van der Waals surface area contributed by atoms with Gasteiger partial charge < -0.3 is 10.6 Å². The molecule has 0 aliphatic carbocycles. The summed E-state index contributed by atoms with van der Waals surface area (Å²) in [5, 5.41) is 0. The Labute approximate surface area is 87.2 Å². The molecule has 0 aromatic heterocycles. The molecular weight excluding hydrogens is 174 g/mol. The first kappa shape index (κ1) is 10.4. The van der Waals surface area contributed by atoms with Crippen LogP contribution in [0.1, 0.15) is 25.7 Å². The van der Waals surface area contributed by atoms with E-state index in [-0.39, 0.29) is 0 Å². The Bertz CT molecular complexity index is 177. The number of hydrogen-bond donors (Lipinski definition) is 1. The minimum atomic E-state index is 0.619. The van der Waals surface area contributed by atoms with Crippen LogP contribution in [0, 0.1) is 0 Å². The molecule has 2 saturated heterocycles. The molecule has 0 bridgehead atoms. The van der Waals surface area contributed by atoms with Crippen molar-refractivity contribution >= 4 is 0 Å². The average molecular weight is 197 g/mol. The topological polar surface area (TPSA) is 32.5 Å². The van der Waals surface area contributed by atoms with Crippen LogP contribution in [0.5, 0.6) is 0 Å². The van der Waals surface area contributed by atoms with Crippen molar-refractivity contribution in [1.82, 2.24) is 9.80 Å². The lowest BCUT2D eigenvalue weighted by molar-refractivity contribution is 0.0370. The monoisotopic (exact) mass is 197 g/mol. The van der Waals surface area contributed by atoms with Gasteiger partial charge in [-0.3, -0.25) is 4.90 Å². The maximum Gasteiger partial charge on any atom is 0.0373 e. The van der Waals surface area contributed by atoms with Crippen molar-refractivity contribution < 1.29 is 0 Å². The van der Waals surface area contributed by atoms with Crippen molar-refractivity contribution in [1.29, 1.82) is 0 Å². The molecule has 14 heavy (non-hydrogen) atoms. The molecule has 3 heteroatoms. The third-order valence-electron chi connectivity index (χ3n) is 3.87. The largest absolute Gasteiger partial charge is 0.329 e. The minimum absolute atomic E-state index is 0.619. The Morgan fingerprint density at radius 2 is 2.00 bits per heavy atom. The van der Waals surface area contributed by atoms with Gasteiger partial charge in [0.15, 0.2) is 0 Å². The van der Waals surface area contributed by atoms with Crippen LogP contribution in [0.15, 0.2) is 0 Å². The maximum absolute atomic E-state index is 5.91. The second kappa shape index (κ2) is 4.60. The lowest BCUT2D eigenvalue weighted by Gasteiger charge is -2.46. The third-order valence-corrected chi connectivity index (χ3v) is 3.87. The highest BCUT2D eigenvalue weighted by Gasteiger charge is 2.33. The van der Waals surface area contributed by atoms with Gasteiger partial charge in [-0.1, -0.05) is 6.42 Å². The van der Waals surface area contributed by atoms with Gasteiger partial charge in [0, 0.05) is 18.6 Å². The van der Waals surface area contributed by atoms with Crippen LogP contribution in [0.25, 0.3) is 0 Å². The van der Waals surface area contributed by atoms with Crippen molar-refractivity contribution in [3.05, 3.63) is 0 Å². The van der Waals surface area contributed by atoms with Gasteiger partial charge in [-0.25, -0.2) is 0 Å². The van der Waals surface area contributed by atoms with Gasteiger partial charge in [0.25, 0.3) is 0 Å². The Hall–Kier alpha value is -0.120. The van der Waals surface area contributed by atoms with Crippen molar-refractivity contribution in [2.24, 2.45) is 5.73 Å². The van der Waals surface area contributed by atoms with Crippen LogP contribution in [0.2, 0.25) is 0 Å². The number of likely N-dealkylation sites (tertiary alicyclic amines) is 2. The van der Waals surface area contributed by atoms with E-state index in [1.807, 2.05) is 0 Å². The smallest absolute Gasteiger partial charge is 0.0373 e. The summed E-state index contributed by atoms with van der Waals surface area (Å²) in [4.78, 5) is 5.08. The van der Waals surface area contributed by atoms with E-state index in [2.05, 4.69) is 16.8 Å². The van der Waals surface area contributed by atoms with Crippen LogP contribution in [0.4, 0.5) is 0 Å². The molecule has 3 nitrogen and oxygen atoms in total. The Balaban J connectivity index is 1.94. The van der Waals surface area contributed by atoms with E-state index in [1.165, 1.54) is 45.3 Å². The Morgan fingerprint density at radius 3 is 2.50 bits per heavy atom. The number of nitrogens with two attached hydrogens (primary N) is 1. The molecule has 0 aromatic rings. The minimum Gasteiger partial charge on any atom is -0.329 e. The summed E-state index contributed by atoms with van der Waals surface area (Å²) in [7, 11) is 2.26. The van der Waals surface area contributed by atoms with Gasteiger partial charge in [-0.2, -0.15) is 0 Å². The van der Waals surface area contributed by atoms with Gasteiger partial charge in [0.1, 0.15) is 0 Å². The summed E-state index contributed by atoms with van der Waals surface area (Å²) >= 11 is 0. The number of likely N-dealkylation sites (N-methyl/N-ethyl adjacent to an activating group) is 1. The predicted molar refractivity (Wildman–Crippen MR) is 59.3 cm³/mol. The fraction of sp³-hybridized carbons (Fsp3) is 1.00. The molecule has 0 radical (unpaired) electrons. The van der Waals surface area contributed by atoms with Gasteiger partial charge in [0.2, 0.25) is 0 Å². The fourth-order valence-corrected chi connectivity index (χ4v) is 2.81. The zero-order chi connectivity index (χ0) is 9.97. The first-order valence-corrected chi connectivity index (χ1v) is 5.97. The summed E-state index contributed by atoms with van der Waals surface area (Å²) in [6.45, 7) is 4.63. The first-order chi connectivity index (χ1) is 6.83. The molecule has 0 spiro atoms. The molecule has 0 amide bonds. The van der Waals surface area contributed by atoms with Crippen molar-refractivity contribution in [3.63, 3.8) is 0 Å². The van der Waals surface area contributed by atoms with Crippen LogP contribution >= 0.6 is 0 Å². The molecule has 2 aliphatic heterocycles. The van der Waals surface area contributed by atoms with Gasteiger partial charge in [-0.05, 0) is 45.9 Å². The van der Waals surface area contributed by atoms with E-state index in [0.717, 1.165) is 6.54 Å². The number of hydrogen-bond acceptors (Lipinski definition) is 3. The number of nitrogens with zero attached hydrogens (tertiary/aromatic N) is 2. The second-order valence-electron chi connectivity index (χ2n) is 4.74. The van der Waals surface area contributed by atoms with E-state index < -0.39 is 0 Å². The molecule has 2 rings (SSSR count). The molecule has 2 heterocycles. The van der Waals surface area contributed by atoms with Crippen LogP contribution in [-0.2, 0) is 0 Å². The van der Waals surface area contributed by atoms with Crippen molar-refractivity contribution in [3.8, 4) is 0 Å². The average Bonchev–Trinajstić information content (AvgIpc) is 2.12. The van der Waals surface area contributed by atoms with Crippen LogP contribution in [0.3, 0.4) is 0 Å². The molecular formula is C11H23N3. The third kappa shape index (κ3) is 1.95. The molecule has 0 aromatic carbocycles. The van der Waals surface area contributed by atoms with E-state index in [1.54, 1.807) is 0 Å². The van der Waals surface area contributed by atoms with E-state index in [9.17, 15) is 0 Å². The quantitative estimate of drug-likeness (QED) is 0.715. The van der Waals surface area contributed by atoms with E-state index in [0.29, 0.717) is 12.1 Å². The van der Waals surface area contributed by atoms with Crippen LogP contribution in [-0.4, -0.2) is 55.1 Å². The van der Waals surface area contributed by atoms with Crippen LogP contribution < -0.4 is 5.73 Å². The summed E-state index contributed by atoms with van der Waals surface area (Å²) in [6, 6.07) is 1.34.